The number of rotatable bonds is 5. The van der Waals surface area contributed by atoms with Gasteiger partial charge >= 0.3 is 18.0 Å². The third-order valence-electron chi connectivity index (χ3n) is 3.49. The molecule has 0 aliphatic carbocycles. The molecule has 7 nitrogen and oxygen atoms in total. The maximum atomic E-state index is 12.1. The Kier molecular flexibility index (Phi) is 6.01. The summed E-state index contributed by atoms with van der Waals surface area (Å²) >= 11 is 0. The summed E-state index contributed by atoms with van der Waals surface area (Å²) in [4.78, 5) is 37.0. The highest BCUT2D eigenvalue weighted by Crippen LogP contribution is 2.20. The maximum Gasteiger partial charge on any atom is 0.413 e. The molecule has 7 heteroatoms. The van der Waals surface area contributed by atoms with E-state index >= 15 is 0 Å². The van der Waals surface area contributed by atoms with Crippen LogP contribution in [0.5, 0.6) is 0 Å². The van der Waals surface area contributed by atoms with E-state index in [0.29, 0.717) is 0 Å². The summed E-state index contributed by atoms with van der Waals surface area (Å²) in [5.74, 6) is -0.977. The molecular formula is C18H23NO6. The molecule has 1 aromatic rings. The van der Waals surface area contributed by atoms with Gasteiger partial charge in [-0.25, -0.2) is 9.59 Å². The molecule has 1 saturated heterocycles. The lowest BCUT2D eigenvalue weighted by Gasteiger charge is -2.25. The van der Waals surface area contributed by atoms with E-state index in [1.807, 2.05) is 30.3 Å². The van der Waals surface area contributed by atoms with Crippen molar-refractivity contribution in [1.29, 1.82) is 0 Å². The lowest BCUT2D eigenvalue weighted by molar-refractivity contribution is -0.145. The van der Waals surface area contributed by atoms with Crippen LogP contribution in [0.3, 0.4) is 0 Å². The molecule has 0 N–H and O–H groups in total. The van der Waals surface area contributed by atoms with Crippen molar-refractivity contribution in [3.63, 3.8) is 0 Å². The first-order valence-corrected chi connectivity index (χ1v) is 8.12. The van der Waals surface area contributed by atoms with Gasteiger partial charge in [0.15, 0.2) is 6.73 Å². The summed E-state index contributed by atoms with van der Waals surface area (Å²) in [6, 6.07) is 8.46. The van der Waals surface area contributed by atoms with E-state index in [9.17, 15) is 14.4 Å². The number of esters is 2. The van der Waals surface area contributed by atoms with Gasteiger partial charge in [-0.1, -0.05) is 30.3 Å². The van der Waals surface area contributed by atoms with Gasteiger partial charge in [0.05, 0.1) is 0 Å². The molecule has 1 aliphatic rings. The van der Waals surface area contributed by atoms with Crippen molar-refractivity contribution in [3.05, 3.63) is 35.9 Å². The van der Waals surface area contributed by atoms with Gasteiger partial charge in [-0.15, -0.1) is 0 Å². The first-order valence-electron chi connectivity index (χ1n) is 8.12. The van der Waals surface area contributed by atoms with Crippen molar-refractivity contribution < 1.29 is 28.6 Å². The van der Waals surface area contributed by atoms with Crippen molar-refractivity contribution in [2.75, 3.05) is 6.73 Å². The van der Waals surface area contributed by atoms with E-state index in [0.717, 1.165) is 5.56 Å². The molecule has 1 aliphatic heterocycles. The fraction of sp³-hybridized carbons (Fsp3) is 0.500. The minimum Gasteiger partial charge on any atom is -0.461 e. The highest BCUT2D eigenvalue weighted by Gasteiger charge is 2.40. The fourth-order valence-electron chi connectivity index (χ4n) is 2.29. The minimum atomic E-state index is -0.834. The van der Waals surface area contributed by atoms with Crippen LogP contribution < -0.4 is 0 Å². The van der Waals surface area contributed by atoms with Crippen molar-refractivity contribution >= 4 is 18.0 Å². The number of carbonyl (C=O) groups is 3. The Morgan fingerprint density at radius 3 is 2.56 bits per heavy atom. The Balaban J connectivity index is 1.83. The van der Waals surface area contributed by atoms with Gasteiger partial charge in [0.2, 0.25) is 0 Å². The number of amides is 1. The lowest BCUT2D eigenvalue weighted by Crippen LogP contribution is -2.41. The van der Waals surface area contributed by atoms with Gasteiger partial charge in [-0.05, 0) is 32.8 Å². The summed E-state index contributed by atoms with van der Waals surface area (Å²) in [5.41, 5.74) is 0.202. The molecule has 2 rings (SSSR count). The van der Waals surface area contributed by atoms with Crippen LogP contribution in [-0.2, 0) is 30.4 Å². The van der Waals surface area contributed by atoms with E-state index in [1.165, 1.54) is 4.90 Å². The maximum absolute atomic E-state index is 12.1. The second-order valence-electron chi connectivity index (χ2n) is 6.74. The molecule has 1 unspecified atom stereocenters. The molecule has 1 atom stereocenters. The van der Waals surface area contributed by atoms with Crippen molar-refractivity contribution in [2.45, 2.75) is 51.9 Å². The van der Waals surface area contributed by atoms with E-state index in [2.05, 4.69) is 0 Å². The number of hydrogen-bond donors (Lipinski definition) is 0. The quantitative estimate of drug-likeness (QED) is 0.600. The van der Waals surface area contributed by atoms with Crippen molar-refractivity contribution in [1.82, 2.24) is 4.90 Å². The molecule has 0 saturated carbocycles. The van der Waals surface area contributed by atoms with Gasteiger partial charge in [-0.2, -0.15) is 0 Å². The normalized spacial score (nSPS) is 17.2. The van der Waals surface area contributed by atoms with Crippen LogP contribution in [0.1, 0.15) is 39.2 Å². The number of ether oxygens (including phenoxy) is 3. The number of hydrogen-bond acceptors (Lipinski definition) is 6. The number of nitrogens with zero attached hydrogens (tertiary/aromatic N) is 1. The monoisotopic (exact) mass is 349 g/mol. The van der Waals surface area contributed by atoms with Crippen LogP contribution in [0.25, 0.3) is 0 Å². The average Bonchev–Trinajstić information content (AvgIpc) is 2.91. The summed E-state index contributed by atoms with van der Waals surface area (Å²) < 4.78 is 15.3. The highest BCUT2D eigenvalue weighted by atomic mass is 16.6. The van der Waals surface area contributed by atoms with E-state index in [-0.39, 0.29) is 26.2 Å². The predicted molar refractivity (Wildman–Crippen MR) is 88.3 cm³/mol. The molecule has 0 aromatic heterocycles. The van der Waals surface area contributed by atoms with E-state index in [1.54, 1.807) is 20.8 Å². The second-order valence-corrected chi connectivity index (χ2v) is 6.74. The predicted octanol–water partition coefficient (Wildman–Crippen LogP) is 2.63. The SMILES string of the molecule is CC(C)(C)OC(=O)N1COC(=O)C1CCC(=O)OCc1ccccc1. The standard InChI is InChI=1S/C18H23NO6/c1-18(2,3)25-17(22)19-12-24-16(21)14(19)9-10-15(20)23-11-13-7-5-4-6-8-13/h4-8,14H,9-12H2,1-3H3. The third kappa shape index (κ3) is 5.77. The smallest absolute Gasteiger partial charge is 0.413 e. The Morgan fingerprint density at radius 2 is 1.92 bits per heavy atom. The van der Waals surface area contributed by atoms with Crippen LogP contribution in [0.15, 0.2) is 30.3 Å². The Morgan fingerprint density at radius 1 is 1.24 bits per heavy atom. The molecule has 1 heterocycles. The molecule has 0 bridgehead atoms. The topological polar surface area (TPSA) is 82.1 Å². The molecular weight excluding hydrogens is 326 g/mol. The van der Waals surface area contributed by atoms with Crippen LogP contribution in [0.2, 0.25) is 0 Å². The van der Waals surface area contributed by atoms with Gasteiger partial charge in [-0.3, -0.25) is 9.69 Å². The number of carbonyl (C=O) groups excluding carboxylic acids is 3. The minimum absolute atomic E-state index is 0.00585. The second kappa shape index (κ2) is 8.00. The molecule has 0 radical (unpaired) electrons. The largest absolute Gasteiger partial charge is 0.461 e. The highest BCUT2D eigenvalue weighted by molar-refractivity contribution is 5.84. The Bertz CT molecular complexity index is 622. The summed E-state index contributed by atoms with van der Waals surface area (Å²) in [6.45, 7) is 5.21. The Labute approximate surface area is 146 Å². The van der Waals surface area contributed by atoms with Crippen LogP contribution in [-0.4, -0.2) is 41.3 Å². The van der Waals surface area contributed by atoms with Crippen molar-refractivity contribution in [3.8, 4) is 0 Å². The van der Waals surface area contributed by atoms with Crippen LogP contribution in [0, 0.1) is 0 Å². The zero-order valence-electron chi connectivity index (χ0n) is 14.7. The zero-order chi connectivity index (χ0) is 18.4. The molecule has 1 fully saturated rings. The molecule has 1 amide bonds. The lowest BCUT2D eigenvalue weighted by atomic mass is 10.1. The van der Waals surface area contributed by atoms with Crippen LogP contribution in [0.4, 0.5) is 4.79 Å². The Hall–Kier alpha value is -2.57. The molecule has 1 aromatic carbocycles. The first-order chi connectivity index (χ1) is 11.8. The van der Waals surface area contributed by atoms with Crippen molar-refractivity contribution in [2.24, 2.45) is 0 Å². The third-order valence-corrected chi connectivity index (χ3v) is 3.49. The summed E-state index contributed by atoms with van der Waals surface area (Å²) in [5, 5.41) is 0. The van der Waals surface area contributed by atoms with E-state index < -0.39 is 29.7 Å². The average molecular weight is 349 g/mol. The van der Waals surface area contributed by atoms with Crippen LogP contribution >= 0.6 is 0 Å². The van der Waals surface area contributed by atoms with E-state index in [4.69, 9.17) is 14.2 Å². The van der Waals surface area contributed by atoms with Gasteiger partial charge in [0.1, 0.15) is 18.2 Å². The van der Waals surface area contributed by atoms with Gasteiger partial charge in [0.25, 0.3) is 0 Å². The molecule has 136 valence electrons. The zero-order valence-corrected chi connectivity index (χ0v) is 14.7. The summed E-state index contributed by atoms with van der Waals surface area (Å²) in [6.07, 6.45) is -0.501. The van der Waals surface area contributed by atoms with Gasteiger partial charge < -0.3 is 14.2 Å². The fourth-order valence-corrected chi connectivity index (χ4v) is 2.29. The molecule has 25 heavy (non-hydrogen) atoms. The number of cyclic esters (lactones) is 1. The number of benzene rings is 1. The van der Waals surface area contributed by atoms with Gasteiger partial charge in [0, 0.05) is 6.42 Å². The molecule has 0 spiro atoms. The summed E-state index contributed by atoms with van der Waals surface area (Å²) in [7, 11) is 0. The first kappa shape index (κ1) is 18.8.